The van der Waals surface area contributed by atoms with Gasteiger partial charge in [-0.1, -0.05) is 11.6 Å². The molecule has 1 saturated carbocycles. The van der Waals surface area contributed by atoms with E-state index in [4.69, 9.17) is 11.6 Å². The zero-order valence-electron chi connectivity index (χ0n) is 10.9. The minimum Gasteiger partial charge on any atom is -0.379 e. The van der Waals surface area contributed by atoms with E-state index in [9.17, 15) is 9.00 Å². The van der Waals surface area contributed by atoms with Crippen molar-refractivity contribution >= 4 is 28.1 Å². The van der Waals surface area contributed by atoms with Gasteiger partial charge in [-0.15, -0.1) is 0 Å². The summed E-state index contributed by atoms with van der Waals surface area (Å²) in [5.41, 5.74) is 0.233. The first-order valence-electron chi connectivity index (χ1n) is 6.37. The number of halogens is 1. The third-order valence-corrected chi connectivity index (χ3v) is 4.19. The molecule has 1 N–H and O–H groups in total. The summed E-state index contributed by atoms with van der Waals surface area (Å²) in [7, 11) is -0.807. The van der Waals surface area contributed by atoms with Crippen LogP contribution >= 0.6 is 11.6 Å². The maximum atomic E-state index is 12.2. The smallest absolute Gasteiger partial charge is 0.291 e. The summed E-state index contributed by atoms with van der Waals surface area (Å²) < 4.78 is 12.4. The molecular formula is C12H18ClN3O2S. The Labute approximate surface area is 119 Å². The standard InChI is InChI=1S/C12H18ClN3O2S/c1-19(18)6-2-5-14-11-10(13)7-15-16(12(11)17)8-9-3-4-9/h7,9,14H,2-6,8H2,1H3. The number of nitrogens with zero attached hydrogens (tertiary/aromatic N) is 2. The van der Waals surface area contributed by atoms with Crippen LogP contribution < -0.4 is 10.9 Å². The lowest BCUT2D eigenvalue weighted by molar-refractivity contribution is 0.534. The molecule has 7 heteroatoms. The predicted molar refractivity (Wildman–Crippen MR) is 78.3 cm³/mol. The highest BCUT2D eigenvalue weighted by molar-refractivity contribution is 7.84. The number of rotatable bonds is 7. The van der Waals surface area contributed by atoms with Gasteiger partial charge < -0.3 is 5.32 Å². The van der Waals surface area contributed by atoms with E-state index in [1.54, 1.807) is 6.26 Å². The van der Waals surface area contributed by atoms with E-state index >= 15 is 0 Å². The van der Waals surface area contributed by atoms with Gasteiger partial charge in [0.25, 0.3) is 5.56 Å². The van der Waals surface area contributed by atoms with Crippen molar-refractivity contribution in [1.29, 1.82) is 0 Å². The van der Waals surface area contributed by atoms with Gasteiger partial charge in [0, 0.05) is 35.9 Å². The molecule has 0 bridgehead atoms. The molecule has 2 rings (SSSR count). The molecule has 0 saturated heterocycles. The Kier molecular flexibility index (Phi) is 4.99. The number of aromatic nitrogens is 2. The first-order chi connectivity index (χ1) is 9.08. The quantitative estimate of drug-likeness (QED) is 0.775. The van der Waals surface area contributed by atoms with Crippen LogP contribution in [0, 0.1) is 5.92 Å². The molecule has 1 aromatic heterocycles. The van der Waals surface area contributed by atoms with Crippen molar-refractivity contribution in [3.8, 4) is 0 Å². The number of nitrogens with one attached hydrogen (secondary N) is 1. The highest BCUT2D eigenvalue weighted by atomic mass is 35.5. The molecule has 1 unspecified atom stereocenters. The summed E-state index contributed by atoms with van der Waals surface area (Å²) in [6.07, 6.45) is 6.25. The van der Waals surface area contributed by atoms with Crippen LogP contribution in [0.15, 0.2) is 11.0 Å². The Hall–Kier alpha value is -0.880. The highest BCUT2D eigenvalue weighted by Crippen LogP contribution is 2.30. The first kappa shape index (κ1) is 14.5. The number of hydrogen-bond acceptors (Lipinski definition) is 4. The lowest BCUT2D eigenvalue weighted by atomic mass is 10.4. The fraction of sp³-hybridized carbons (Fsp3) is 0.667. The summed E-state index contributed by atoms with van der Waals surface area (Å²) in [5, 5.41) is 7.43. The van der Waals surface area contributed by atoms with Crippen molar-refractivity contribution in [2.75, 3.05) is 23.9 Å². The molecular weight excluding hydrogens is 286 g/mol. The van der Waals surface area contributed by atoms with Gasteiger partial charge in [-0.2, -0.15) is 5.10 Å². The Morgan fingerprint density at radius 2 is 2.32 bits per heavy atom. The zero-order valence-corrected chi connectivity index (χ0v) is 12.5. The molecule has 0 amide bonds. The maximum absolute atomic E-state index is 12.2. The largest absolute Gasteiger partial charge is 0.379 e. The van der Waals surface area contributed by atoms with E-state index in [0.717, 1.165) is 6.42 Å². The predicted octanol–water partition coefficient (Wildman–Crippen LogP) is 1.49. The molecule has 0 spiro atoms. The van der Waals surface area contributed by atoms with Crippen LogP contribution in [0.5, 0.6) is 0 Å². The Morgan fingerprint density at radius 1 is 1.58 bits per heavy atom. The number of anilines is 1. The second-order valence-electron chi connectivity index (χ2n) is 4.86. The fourth-order valence-corrected chi connectivity index (χ4v) is 2.53. The first-order valence-corrected chi connectivity index (χ1v) is 8.48. The van der Waals surface area contributed by atoms with Gasteiger partial charge >= 0.3 is 0 Å². The Bertz CT molecular complexity index is 528. The molecule has 0 radical (unpaired) electrons. The minimum absolute atomic E-state index is 0.169. The van der Waals surface area contributed by atoms with E-state index < -0.39 is 10.8 Å². The topological polar surface area (TPSA) is 64.0 Å². The van der Waals surface area contributed by atoms with Crippen molar-refractivity contribution in [2.24, 2.45) is 5.92 Å². The Morgan fingerprint density at radius 3 is 2.95 bits per heavy atom. The number of hydrogen-bond donors (Lipinski definition) is 1. The maximum Gasteiger partial charge on any atom is 0.291 e. The van der Waals surface area contributed by atoms with Gasteiger partial charge in [0.05, 0.1) is 11.2 Å². The lowest BCUT2D eigenvalue weighted by Gasteiger charge is -2.10. The van der Waals surface area contributed by atoms with E-state index in [2.05, 4.69) is 10.4 Å². The van der Waals surface area contributed by atoms with Gasteiger partial charge in [-0.05, 0) is 25.2 Å². The second-order valence-corrected chi connectivity index (χ2v) is 6.82. The molecule has 106 valence electrons. The zero-order chi connectivity index (χ0) is 13.8. The molecule has 19 heavy (non-hydrogen) atoms. The molecule has 1 aliphatic carbocycles. The molecule has 0 aromatic carbocycles. The molecule has 1 fully saturated rings. The van der Waals surface area contributed by atoms with E-state index in [1.807, 2.05) is 0 Å². The summed E-state index contributed by atoms with van der Waals surface area (Å²) in [6.45, 7) is 1.26. The van der Waals surface area contributed by atoms with Gasteiger partial charge in [-0.25, -0.2) is 4.68 Å². The van der Waals surface area contributed by atoms with Gasteiger partial charge in [0.15, 0.2) is 0 Å². The monoisotopic (exact) mass is 303 g/mol. The minimum atomic E-state index is -0.807. The van der Waals surface area contributed by atoms with Crippen molar-refractivity contribution < 1.29 is 4.21 Å². The summed E-state index contributed by atoms with van der Waals surface area (Å²) >= 11 is 6.00. The molecule has 1 atom stereocenters. The van der Waals surface area contributed by atoms with Gasteiger partial charge in [0.1, 0.15) is 5.69 Å². The molecule has 1 aromatic rings. The summed E-state index contributed by atoms with van der Waals surface area (Å²) in [5.74, 6) is 1.20. The van der Waals surface area contributed by atoms with Crippen LogP contribution in [0.4, 0.5) is 5.69 Å². The third-order valence-electron chi connectivity index (χ3n) is 3.04. The van der Waals surface area contributed by atoms with Crippen molar-refractivity contribution in [3.63, 3.8) is 0 Å². The molecule has 1 heterocycles. The van der Waals surface area contributed by atoms with Gasteiger partial charge in [0.2, 0.25) is 0 Å². The molecule has 1 aliphatic rings. The second kappa shape index (κ2) is 6.52. The van der Waals surface area contributed by atoms with Crippen molar-refractivity contribution in [2.45, 2.75) is 25.8 Å². The van der Waals surface area contributed by atoms with Crippen LogP contribution in [-0.4, -0.2) is 32.5 Å². The van der Waals surface area contributed by atoms with Crippen LogP contribution in [0.25, 0.3) is 0 Å². The third kappa shape index (κ3) is 4.31. The summed E-state index contributed by atoms with van der Waals surface area (Å²) in [6, 6.07) is 0. The van der Waals surface area contributed by atoms with Crippen LogP contribution in [0.1, 0.15) is 19.3 Å². The fourth-order valence-electron chi connectivity index (χ4n) is 1.79. The van der Waals surface area contributed by atoms with Gasteiger partial charge in [-0.3, -0.25) is 9.00 Å². The average molecular weight is 304 g/mol. The van der Waals surface area contributed by atoms with Crippen LogP contribution in [-0.2, 0) is 17.3 Å². The van der Waals surface area contributed by atoms with E-state index in [-0.39, 0.29) is 5.56 Å². The van der Waals surface area contributed by atoms with Crippen LogP contribution in [0.2, 0.25) is 5.02 Å². The van der Waals surface area contributed by atoms with E-state index in [0.29, 0.717) is 35.5 Å². The highest BCUT2D eigenvalue weighted by Gasteiger charge is 2.23. The summed E-state index contributed by atoms with van der Waals surface area (Å²) in [4.78, 5) is 12.2. The van der Waals surface area contributed by atoms with E-state index in [1.165, 1.54) is 23.7 Å². The Balaban J connectivity index is 2.01. The molecule has 5 nitrogen and oxygen atoms in total. The normalized spacial score (nSPS) is 16.3. The molecule has 0 aliphatic heterocycles. The van der Waals surface area contributed by atoms with Crippen molar-refractivity contribution in [3.05, 3.63) is 21.6 Å². The average Bonchev–Trinajstić information content (AvgIpc) is 3.15. The van der Waals surface area contributed by atoms with Crippen LogP contribution in [0.3, 0.4) is 0 Å². The van der Waals surface area contributed by atoms with Crippen molar-refractivity contribution in [1.82, 2.24) is 9.78 Å². The lowest BCUT2D eigenvalue weighted by Crippen LogP contribution is -2.27. The SMILES string of the molecule is CS(=O)CCCNc1c(Cl)cnn(CC2CC2)c1=O.